The summed E-state index contributed by atoms with van der Waals surface area (Å²) in [7, 11) is 0. The summed E-state index contributed by atoms with van der Waals surface area (Å²) in [5.74, 6) is 0.700. The molecule has 0 heterocycles. The van der Waals surface area contributed by atoms with Crippen LogP contribution in [0.15, 0.2) is 36.4 Å². The first-order valence-corrected chi connectivity index (χ1v) is 8.74. The van der Waals surface area contributed by atoms with Gasteiger partial charge in [0, 0.05) is 17.6 Å². The van der Waals surface area contributed by atoms with Crippen molar-refractivity contribution in [1.82, 2.24) is 5.32 Å². The normalized spacial score (nSPS) is 11.0. The van der Waals surface area contributed by atoms with E-state index in [1.807, 2.05) is 19.1 Å². The minimum Gasteiger partial charge on any atom is -0.490 e. The highest BCUT2D eigenvalue weighted by atomic mass is 35.5. The fraction of sp³-hybridized carbons (Fsp3) is 0.400. The molecule has 0 aromatic heterocycles. The zero-order valence-electron chi connectivity index (χ0n) is 15.6. The maximum absolute atomic E-state index is 13.8. The van der Waals surface area contributed by atoms with Gasteiger partial charge in [0.2, 0.25) is 0 Å². The highest BCUT2D eigenvalue weighted by Gasteiger charge is 2.15. The molecule has 0 bridgehead atoms. The summed E-state index contributed by atoms with van der Waals surface area (Å²) in [5.41, 5.74) is 1.47. The zero-order valence-corrected chi connectivity index (χ0v) is 17.1. The monoisotopic (exact) mass is 401 g/mol. The third-order valence-corrected chi connectivity index (χ3v) is 3.80. The van der Waals surface area contributed by atoms with Crippen molar-refractivity contribution >= 4 is 24.0 Å². The van der Waals surface area contributed by atoms with Gasteiger partial charge >= 0.3 is 0 Å². The first kappa shape index (κ1) is 22.6. The van der Waals surface area contributed by atoms with E-state index in [4.69, 9.17) is 21.1 Å². The number of halogens is 3. The smallest absolute Gasteiger partial charge is 0.180 e. The summed E-state index contributed by atoms with van der Waals surface area (Å²) in [6.07, 6.45) is 0. The molecular formula is C20H26Cl2FNO2. The lowest BCUT2D eigenvalue weighted by Crippen LogP contribution is -2.35. The number of nitrogens with one attached hydrogen (secondary N) is 1. The Balaban J connectivity index is 0.00000338. The third kappa shape index (κ3) is 6.67. The van der Waals surface area contributed by atoms with E-state index in [1.165, 1.54) is 6.07 Å². The van der Waals surface area contributed by atoms with Crippen LogP contribution in [0.2, 0.25) is 5.02 Å². The van der Waals surface area contributed by atoms with Gasteiger partial charge in [0.25, 0.3) is 0 Å². The maximum atomic E-state index is 13.8. The first-order chi connectivity index (χ1) is 11.8. The quantitative estimate of drug-likeness (QED) is 0.638. The summed E-state index contributed by atoms with van der Waals surface area (Å²) >= 11 is 6.40. The molecule has 0 spiro atoms. The Morgan fingerprint density at radius 3 is 2.42 bits per heavy atom. The molecule has 0 unspecified atom stereocenters. The Morgan fingerprint density at radius 2 is 1.81 bits per heavy atom. The SMILES string of the molecule is CCOc1cc(CNC(C)(C)C)cc(Cl)c1OCc1ccccc1F.Cl. The second kappa shape index (κ2) is 10.0. The highest BCUT2D eigenvalue weighted by molar-refractivity contribution is 6.32. The van der Waals surface area contributed by atoms with Gasteiger partial charge in [-0.2, -0.15) is 0 Å². The molecule has 0 aliphatic heterocycles. The average molecular weight is 402 g/mol. The minimum absolute atomic E-state index is 0. The Morgan fingerprint density at radius 1 is 1.12 bits per heavy atom. The molecule has 0 aliphatic carbocycles. The third-order valence-electron chi connectivity index (χ3n) is 3.52. The van der Waals surface area contributed by atoms with Crippen molar-refractivity contribution in [1.29, 1.82) is 0 Å². The van der Waals surface area contributed by atoms with Gasteiger partial charge in [0.15, 0.2) is 11.5 Å². The van der Waals surface area contributed by atoms with Crippen LogP contribution in [0, 0.1) is 5.82 Å². The van der Waals surface area contributed by atoms with Gasteiger partial charge < -0.3 is 14.8 Å². The number of hydrogen-bond donors (Lipinski definition) is 1. The van der Waals surface area contributed by atoms with Crippen LogP contribution in [0.5, 0.6) is 11.5 Å². The van der Waals surface area contributed by atoms with Gasteiger partial charge in [-0.1, -0.05) is 29.8 Å². The molecule has 0 aliphatic rings. The van der Waals surface area contributed by atoms with Gasteiger partial charge in [-0.15, -0.1) is 12.4 Å². The van der Waals surface area contributed by atoms with Crippen LogP contribution >= 0.6 is 24.0 Å². The summed E-state index contributed by atoms with van der Waals surface area (Å²) < 4.78 is 25.2. The Bertz CT molecular complexity index is 717. The Labute approximate surface area is 166 Å². The largest absolute Gasteiger partial charge is 0.490 e. The fourth-order valence-corrected chi connectivity index (χ4v) is 2.55. The molecule has 0 saturated carbocycles. The molecule has 2 rings (SSSR count). The second-order valence-electron chi connectivity index (χ2n) is 6.82. The molecule has 26 heavy (non-hydrogen) atoms. The predicted octanol–water partition coefficient (Wildman–Crippen LogP) is 5.77. The van der Waals surface area contributed by atoms with E-state index in [0.717, 1.165) is 5.56 Å². The van der Waals surface area contributed by atoms with Crippen LogP contribution in [-0.4, -0.2) is 12.1 Å². The fourth-order valence-electron chi connectivity index (χ4n) is 2.26. The number of rotatable bonds is 7. The number of hydrogen-bond acceptors (Lipinski definition) is 3. The van der Waals surface area contributed by atoms with Crippen LogP contribution in [0.4, 0.5) is 4.39 Å². The van der Waals surface area contributed by atoms with Gasteiger partial charge in [0.05, 0.1) is 11.6 Å². The molecule has 0 radical (unpaired) electrons. The molecule has 0 atom stereocenters. The van der Waals surface area contributed by atoms with Crippen LogP contribution in [-0.2, 0) is 13.2 Å². The van der Waals surface area contributed by atoms with Crippen molar-refractivity contribution in [2.75, 3.05) is 6.61 Å². The lowest BCUT2D eigenvalue weighted by atomic mass is 10.1. The second-order valence-corrected chi connectivity index (χ2v) is 7.23. The van der Waals surface area contributed by atoms with E-state index in [9.17, 15) is 4.39 Å². The van der Waals surface area contributed by atoms with E-state index < -0.39 is 0 Å². The lowest BCUT2D eigenvalue weighted by molar-refractivity contribution is 0.265. The molecule has 144 valence electrons. The standard InChI is InChI=1S/C20H25ClFNO2.ClH/c1-5-24-18-11-14(12-23-20(2,3)4)10-16(21)19(18)25-13-15-8-6-7-9-17(15)22;/h6-11,23H,5,12-13H2,1-4H3;1H. The topological polar surface area (TPSA) is 30.5 Å². The molecule has 1 N–H and O–H groups in total. The van der Waals surface area contributed by atoms with Crippen LogP contribution in [0.25, 0.3) is 0 Å². The Kier molecular flexibility index (Phi) is 8.68. The van der Waals surface area contributed by atoms with Crippen molar-refractivity contribution in [3.05, 3.63) is 58.4 Å². The average Bonchev–Trinajstić information content (AvgIpc) is 2.53. The van der Waals surface area contributed by atoms with E-state index in [1.54, 1.807) is 18.2 Å². The molecule has 2 aromatic carbocycles. The molecule has 2 aromatic rings. The van der Waals surface area contributed by atoms with Gasteiger partial charge in [-0.25, -0.2) is 4.39 Å². The zero-order chi connectivity index (χ0) is 18.4. The molecule has 0 amide bonds. The van der Waals surface area contributed by atoms with Gasteiger partial charge in [-0.3, -0.25) is 0 Å². The van der Waals surface area contributed by atoms with Crippen LogP contribution in [0.3, 0.4) is 0 Å². The molecular weight excluding hydrogens is 376 g/mol. The lowest BCUT2D eigenvalue weighted by Gasteiger charge is -2.21. The number of benzene rings is 2. The van der Waals surface area contributed by atoms with Crippen molar-refractivity contribution in [3.63, 3.8) is 0 Å². The van der Waals surface area contributed by atoms with Crippen molar-refractivity contribution in [2.24, 2.45) is 0 Å². The van der Waals surface area contributed by atoms with E-state index >= 15 is 0 Å². The minimum atomic E-state index is -0.303. The van der Waals surface area contributed by atoms with Gasteiger partial charge in [-0.05, 0) is 51.5 Å². The van der Waals surface area contributed by atoms with Gasteiger partial charge in [0.1, 0.15) is 12.4 Å². The summed E-state index contributed by atoms with van der Waals surface area (Å²) in [5, 5.41) is 3.87. The van der Waals surface area contributed by atoms with E-state index in [2.05, 4.69) is 26.1 Å². The first-order valence-electron chi connectivity index (χ1n) is 8.36. The highest BCUT2D eigenvalue weighted by Crippen LogP contribution is 2.37. The van der Waals surface area contributed by atoms with Crippen molar-refractivity contribution in [2.45, 2.75) is 46.4 Å². The maximum Gasteiger partial charge on any atom is 0.180 e. The van der Waals surface area contributed by atoms with Crippen molar-refractivity contribution in [3.8, 4) is 11.5 Å². The molecule has 0 fully saturated rings. The van der Waals surface area contributed by atoms with E-state index in [0.29, 0.717) is 35.2 Å². The summed E-state index contributed by atoms with van der Waals surface area (Å²) in [4.78, 5) is 0. The molecule has 3 nitrogen and oxygen atoms in total. The summed E-state index contributed by atoms with van der Waals surface area (Å²) in [6, 6.07) is 10.3. The van der Waals surface area contributed by atoms with E-state index in [-0.39, 0.29) is 30.4 Å². The van der Waals surface area contributed by atoms with Crippen molar-refractivity contribution < 1.29 is 13.9 Å². The predicted molar refractivity (Wildman–Crippen MR) is 107 cm³/mol. The van der Waals surface area contributed by atoms with Crippen LogP contribution < -0.4 is 14.8 Å². The molecule has 6 heteroatoms. The summed E-state index contributed by atoms with van der Waals surface area (Å²) in [6.45, 7) is 9.44. The Hall–Kier alpha value is -1.49. The molecule has 0 saturated heterocycles. The number of ether oxygens (including phenoxy) is 2. The van der Waals surface area contributed by atoms with Crippen LogP contribution in [0.1, 0.15) is 38.8 Å².